The molecule has 1 aliphatic rings. The van der Waals surface area contributed by atoms with E-state index in [1.165, 1.54) is 18.1 Å². The molecule has 1 aromatic carbocycles. The van der Waals surface area contributed by atoms with Crippen LogP contribution < -0.4 is 10.1 Å². The van der Waals surface area contributed by atoms with Crippen LogP contribution in [0.3, 0.4) is 0 Å². The van der Waals surface area contributed by atoms with Gasteiger partial charge < -0.3 is 15.0 Å². The second kappa shape index (κ2) is 7.16. The third-order valence-corrected chi connectivity index (χ3v) is 5.63. The van der Waals surface area contributed by atoms with E-state index in [1.807, 2.05) is 0 Å². The molecule has 1 atom stereocenters. The second-order valence-electron chi connectivity index (χ2n) is 5.61. The maximum Gasteiger partial charge on any atom is 0.317 e. The molecule has 0 saturated carbocycles. The van der Waals surface area contributed by atoms with Crippen molar-refractivity contribution in [3.05, 3.63) is 29.6 Å². The number of carbonyl (C=O) groups excluding carboxylic acids is 1. The Morgan fingerprint density at radius 3 is 2.83 bits per heavy atom. The van der Waals surface area contributed by atoms with E-state index in [9.17, 15) is 17.6 Å². The normalized spacial score (nSPS) is 20.1. The Labute approximate surface area is 135 Å². The van der Waals surface area contributed by atoms with Crippen LogP contribution in [0.25, 0.3) is 0 Å². The molecule has 0 bridgehead atoms. The van der Waals surface area contributed by atoms with Crippen molar-refractivity contribution in [3.63, 3.8) is 0 Å². The highest BCUT2D eigenvalue weighted by molar-refractivity contribution is 7.91. The van der Waals surface area contributed by atoms with E-state index in [1.54, 1.807) is 19.1 Å². The summed E-state index contributed by atoms with van der Waals surface area (Å²) in [5.41, 5.74) is 0.748. The number of sulfone groups is 1. The predicted octanol–water partition coefficient (Wildman–Crippen LogP) is 1.21. The molecule has 1 fully saturated rings. The molecule has 0 spiro atoms. The minimum atomic E-state index is -3.05. The molecule has 6 nitrogen and oxygen atoms in total. The molecule has 1 heterocycles. The van der Waals surface area contributed by atoms with Crippen molar-refractivity contribution in [3.8, 4) is 5.75 Å². The van der Waals surface area contributed by atoms with E-state index in [0.717, 1.165) is 5.56 Å². The zero-order valence-corrected chi connectivity index (χ0v) is 14.0. The first-order chi connectivity index (χ1) is 10.8. The standard InChI is InChI=1S/C15H21FN2O4S/c1-11-10-23(20,21)8-7-18(11)15(19)17-6-5-12-3-4-14(22-2)13(16)9-12/h3-4,9,11H,5-8,10H2,1-2H3,(H,17,19)/t11-/m0/s1. The van der Waals surface area contributed by atoms with Gasteiger partial charge >= 0.3 is 6.03 Å². The van der Waals surface area contributed by atoms with Crippen LogP contribution in [0.1, 0.15) is 12.5 Å². The highest BCUT2D eigenvalue weighted by atomic mass is 32.2. The maximum atomic E-state index is 13.6. The number of amides is 2. The number of halogens is 1. The summed E-state index contributed by atoms with van der Waals surface area (Å²) >= 11 is 0. The predicted molar refractivity (Wildman–Crippen MR) is 84.9 cm³/mol. The van der Waals surface area contributed by atoms with Crippen molar-refractivity contribution in [2.24, 2.45) is 0 Å². The summed E-state index contributed by atoms with van der Waals surface area (Å²) in [6, 6.07) is 4.03. The van der Waals surface area contributed by atoms with Gasteiger partial charge in [0.2, 0.25) is 0 Å². The summed E-state index contributed by atoms with van der Waals surface area (Å²) in [7, 11) is -1.65. The van der Waals surface area contributed by atoms with Gasteiger partial charge in [0.05, 0.1) is 18.6 Å². The van der Waals surface area contributed by atoms with E-state index >= 15 is 0 Å². The van der Waals surface area contributed by atoms with Crippen LogP contribution in [-0.2, 0) is 16.3 Å². The van der Waals surface area contributed by atoms with Crippen LogP contribution in [0.4, 0.5) is 9.18 Å². The van der Waals surface area contributed by atoms with Crippen molar-refractivity contribution in [1.29, 1.82) is 0 Å². The fourth-order valence-electron chi connectivity index (χ4n) is 2.58. The number of benzene rings is 1. The molecular weight excluding hydrogens is 323 g/mol. The summed E-state index contributed by atoms with van der Waals surface area (Å²) in [4.78, 5) is 13.6. The highest BCUT2D eigenvalue weighted by Gasteiger charge is 2.30. The van der Waals surface area contributed by atoms with E-state index in [0.29, 0.717) is 13.0 Å². The topological polar surface area (TPSA) is 75.7 Å². The average Bonchev–Trinajstić information content (AvgIpc) is 2.46. The molecule has 1 saturated heterocycles. The van der Waals surface area contributed by atoms with Gasteiger partial charge in [-0.25, -0.2) is 17.6 Å². The van der Waals surface area contributed by atoms with Crippen LogP contribution in [0.5, 0.6) is 5.75 Å². The van der Waals surface area contributed by atoms with Gasteiger partial charge in [0.1, 0.15) is 0 Å². The number of ether oxygens (including phenoxy) is 1. The van der Waals surface area contributed by atoms with Gasteiger partial charge in [-0.05, 0) is 31.0 Å². The van der Waals surface area contributed by atoms with Crippen LogP contribution >= 0.6 is 0 Å². The summed E-state index contributed by atoms with van der Waals surface area (Å²) in [5.74, 6) is -0.272. The summed E-state index contributed by atoms with van der Waals surface area (Å²) < 4.78 is 41.4. The zero-order chi connectivity index (χ0) is 17.0. The first-order valence-corrected chi connectivity index (χ1v) is 9.22. The van der Waals surface area contributed by atoms with Crippen molar-refractivity contribution in [1.82, 2.24) is 10.2 Å². The van der Waals surface area contributed by atoms with Crippen LogP contribution in [0, 0.1) is 5.82 Å². The Balaban J connectivity index is 1.84. The first-order valence-electron chi connectivity index (χ1n) is 7.39. The highest BCUT2D eigenvalue weighted by Crippen LogP contribution is 2.17. The number of carbonyl (C=O) groups is 1. The molecule has 2 amide bonds. The maximum absolute atomic E-state index is 13.6. The molecule has 1 aromatic rings. The Kier molecular flexibility index (Phi) is 5.46. The molecular formula is C15H21FN2O4S. The largest absolute Gasteiger partial charge is 0.494 e. The Morgan fingerprint density at radius 2 is 2.22 bits per heavy atom. The molecule has 128 valence electrons. The molecule has 0 unspecified atom stereocenters. The van der Waals surface area contributed by atoms with E-state index in [2.05, 4.69) is 5.32 Å². The lowest BCUT2D eigenvalue weighted by atomic mass is 10.1. The number of rotatable bonds is 4. The van der Waals surface area contributed by atoms with Gasteiger partial charge in [0.25, 0.3) is 0 Å². The molecule has 1 N–H and O–H groups in total. The molecule has 0 radical (unpaired) electrons. The molecule has 1 aliphatic heterocycles. The second-order valence-corrected chi connectivity index (χ2v) is 7.84. The van der Waals surface area contributed by atoms with Crippen molar-refractivity contribution < 1.29 is 22.3 Å². The quantitative estimate of drug-likeness (QED) is 0.891. The minimum Gasteiger partial charge on any atom is -0.494 e. The van der Waals surface area contributed by atoms with Gasteiger partial charge in [0.15, 0.2) is 21.4 Å². The van der Waals surface area contributed by atoms with Crippen LogP contribution in [0.15, 0.2) is 18.2 Å². The monoisotopic (exact) mass is 344 g/mol. The number of hydrogen-bond donors (Lipinski definition) is 1. The SMILES string of the molecule is COc1ccc(CCNC(=O)N2CCS(=O)(=O)C[C@@H]2C)cc1F. The van der Waals surface area contributed by atoms with Crippen molar-refractivity contribution in [2.45, 2.75) is 19.4 Å². The van der Waals surface area contributed by atoms with Gasteiger partial charge in [0, 0.05) is 19.1 Å². The third kappa shape index (κ3) is 4.57. The number of methoxy groups -OCH3 is 1. The minimum absolute atomic E-state index is 0.00550. The van der Waals surface area contributed by atoms with E-state index in [4.69, 9.17) is 4.74 Å². The van der Waals surface area contributed by atoms with E-state index < -0.39 is 15.7 Å². The number of nitrogens with zero attached hydrogens (tertiary/aromatic N) is 1. The van der Waals surface area contributed by atoms with Crippen molar-refractivity contribution in [2.75, 3.05) is 31.7 Å². The zero-order valence-electron chi connectivity index (χ0n) is 13.2. The fraction of sp³-hybridized carbons (Fsp3) is 0.533. The molecule has 8 heteroatoms. The fourth-order valence-corrected chi connectivity index (χ4v) is 4.14. The lowest BCUT2D eigenvalue weighted by Crippen LogP contribution is -2.53. The molecule has 0 aliphatic carbocycles. The molecule has 0 aromatic heterocycles. The molecule has 23 heavy (non-hydrogen) atoms. The lowest BCUT2D eigenvalue weighted by Gasteiger charge is -2.33. The third-order valence-electron chi connectivity index (χ3n) is 3.84. The van der Waals surface area contributed by atoms with Crippen LogP contribution in [0.2, 0.25) is 0 Å². The lowest BCUT2D eigenvalue weighted by molar-refractivity contribution is 0.185. The van der Waals surface area contributed by atoms with E-state index in [-0.39, 0.29) is 35.9 Å². The van der Waals surface area contributed by atoms with Gasteiger partial charge in [-0.3, -0.25) is 0 Å². The summed E-state index contributed by atoms with van der Waals surface area (Å²) in [5, 5.41) is 2.75. The average molecular weight is 344 g/mol. The number of hydrogen-bond acceptors (Lipinski definition) is 4. The smallest absolute Gasteiger partial charge is 0.317 e. The van der Waals surface area contributed by atoms with Crippen LogP contribution in [-0.4, -0.2) is 57.1 Å². The number of urea groups is 1. The first kappa shape index (κ1) is 17.5. The van der Waals surface area contributed by atoms with Gasteiger partial charge in [-0.2, -0.15) is 0 Å². The number of nitrogens with one attached hydrogen (secondary N) is 1. The Bertz CT molecular complexity index is 678. The summed E-state index contributed by atoms with van der Waals surface area (Å²) in [6.07, 6.45) is 0.479. The van der Waals surface area contributed by atoms with Crippen molar-refractivity contribution >= 4 is 15.9 Å². The van der Waals surface area contributed by atoms with Gasteiger partial charge in [-0.15, -0.1) is 0 Å². The Hall–Kier alpha value is -1.83. The Morgan fingerprint density at radius 1 is 1.48 bits per heavy atom. The molecule has 2 rings (SSSR count). The summed E-state index contributed by atoms with van der Waals surface area (Å²) in [6.45, 7) is 2.27. The van der Waals surface area contributed by atoms with Gasteiger partial charge in [-0.1, -0.05) is 6.07 Å².